The van der Waals surface area contributed by atoms with E-state index >= 15 is 0 Å². The van der Waals surface area contributed by atoms with Crippen LogP contribution >= 0.6 is 0 Å². The van der Waals surface area contributed by atoms with E-state index in [0.29, 0.717) is 0 Å². The summed E-state index contributed by atoms with van der Waals surface area (Å²) in [4.78, 5) is 0. The van der Waals surface area contributed by atoms with Crippen molar-refractivity contribution in [2.45, 2.75) is 26.7 Å². The summed E-state index contributed by atoms with van der Waals surface area (Å²) in [6.45, 7) is 8.20. The number of rotatable bonds is 5. The van der Waals surface area contributed by atoms with Gasteiger partial charge in [-0.05, 0) is 30.2 Å². The van der Waals surface area contributed by atoms with Crippen LogP contribution in [0, 0.1) is 11.8 Å². The molecule has 0 saturated carbocycles. The highest BCUT2D eigenvalue weighted by Gasteiger charge is 2.11. The molecule has 0 aliphatic carbocycles. The molecule has 0 saturated heterocycles. The number of hydrogen-bond donors (Lipinski definition) is 0. The van der Waals surface area contributed by atoms with Crippen LogP contribution in [0.5, 0.6) is 0 Å². The quantitative estimate of drug-likeness (QED) is 0.610. The summed E-state index contributed by atoms with van der Waals surface area (Å²) >= 11 is 0. The number of allylic oxidation sites excluding steroid dienone is 1. The van der Waals surface area contributed by atoms with Gasteiger partial charge in [-0.3, -0.25) is 0 Å². The molecule has 0 heteroatoms. The summed E-state index contributed by atoms with van der Waals surface area (Å²) in [6, 6.07) is 10.6. The van der Waals surface area contributed by atoms with E-state index < -0.39 is 0 Å². The molecule has 75 valence electrons. The second kappa shape index (κ2) is 4.99. The zero-order valence-corrected chi connectivity index (χ0v) is 9.16. The van der Waals surface area contributed by atoms with Crippen LogP contribution in [0.2, 0.25) is 0 Å². The van der Waals surface area contributed by atoms with E-state index in [9.17, 15) is 0 Å². The highest BCUT2D eigenvalue weighted by atomic mass is 14.2. The van der Waals surface area contributed by atoms with Crippen LogP contribution in [0.25, 0.3) is 0 Å². The summed E-state index contributed by atoms with van der Waals surface area (Å²) < 4.78 is 0. The number of hydrogen-bond acceptors (Lipinski definition) is 0. The lowest BCUT2D eigenvalue weighted by Crippen LogP contribution is -2.07. The van der Waals surface area contributed by atoms with Gasteiger partial charge in [0.15, 0.2) is 0 Å². The van der Waals surface area contributed by atoms with E-state index in [4.69, 9.17) is 0 Å². The summed E-state index contributed by atoms with van der Waals surface area (Å²) in [5, 5.41) is 0. The molecule has 1 aromatic carbocycles. The van der Waals surface area contributed by atoms with Crippen molar-refractivity contribution in [3.05, 3.63) is 55.0 Å². The average molecular weight is 187 g/mol. The van der Waals surface area contributed by atoms with Gasteiger partial charge in [-0.25, -0.2) is 0 Å². The second-order valence-electron chi connectivity index (χ2n) is 4.25. The Kier molecular flexibility index (Phi) is 3.94. The van der Waals surface area contributed by atoms with Crippen LogP contribution in [0.3, 0.4) is 0 Å². The van der Waals surface area contributed by atoms with Crippen LogP contribution in [0.1, 0.15) is 25.8 Å². The van der Waals surface area contributed by atoms with Gasteiger partial charge in [-0.15, -0.1) is 6.58 Å². The molecule has 0 aliphatic heterocycles. The normalized spacial score (nSPS) is 11.3. The smallest absolute Gasteiger partial charge is 0.0146 e. The van der Waals surface area contributed by atoms with Crippen molar-refractivity contribution < 1.29 is 0 Å². The van der Waals surface area contributed by atoms with Crippen LogP contribution in [-0.4, -0.2) is 0 Å². The Bertz CT molecular complexity index is 269. The minimum absolute atomic E-state index is 0.161. The summed E-state index contributed by atoms with van der Waals surface area (Å²) in [5.74, 6) is 0. The monoisotopic (exact) mass is 187 g/mol. The van der Waals surface area contributed by atoms with Gasteiger partial charge in [0.2, 0.25) is 0 Å². The van der Waals surface area contributed by atoms with Crippen LogP contribution in [0.4, 0.5) is 0 Å². The van der Waals surface area contributed by atoms with Crippen LogP contribution in [-0.2, 0) is 6.42 Å². The molecule has 0 fully saturated rings. The highest BCUT2D eigenvalue weighted by molar-refractivity contribution is 5.15. The average Bonchev–Trinajstić information content (AvgIpc) is 2.19. The van der Waals surface area contributed by atoms with Gasteiger partial charge in [0.25, 0.3) is 0 Å². The molecule has 0 bridgehead atoms. The lowest BCUT2D eigenvalue weighted by atomic mass is 9.87. The first-order valence-electron chi connectivity index (χ1n) is 5.16. The van der Waals surface area contributed by atoms with Crippen LogP contribution in [0.15, 0.2) is 43.0 Å². The molecule has 1 aromatic rings. The van der Waals surface area contributed by atoms with Gasteiger partial charge in [0.1, 0.15) is 0 Å². The Morgan fingerprint density at radius 3 is 2.43 bits per heavy atom. The molecule has 0 heterocycles. The molecule has 1 radical (unpaired) electrons. The molecule has 0 spiro atoms. The topological polar surface area (TPSA) is 0 Å². The maximum absolute atomic E-state index is 3.83. The third kappa shape index (κ3) is 3.78. The Morgan fingerprint density at radius 2 is 1.86 bits per heavy atom. The maximum Gasteiger partial charge on any atom is -0.0146 e. The molecule has 0 aliphatic rings. The molecule has 0 amide bonds. The SMILES string of the molecule is C=CC(C)(C)[CH]CCc1ccccc1. The fourth-order valence-electron chi connectivity index (χ4n) is 1.34. The lowest BCUT2D eigenvalue weighted by molar-refractivity contribution is 0.542. The van der Waals surface area contributed by atoms with Crippen molar-refractivity contribution >= 4 is 0 Å². The van der Waals surface area contributed by atoms with E-state index in [-0.39, 0.29) is 5.41 Å². The molecular formula is C14H19. The van der Waals surface area contributed by atoms with Crippen molar-refractivity contribution in [3.8, 4) is 0 Å². The van der Waals surface area contributed by atoms with Crippen LogP contribution < -0.4 is 0 Å². The fourth-order valence-corrected chi connectivity index (χ4v) is 1.34. The standard InChI is InChI=1S/C14H19/c1-4-14(2,3)12-8-11-13-9-6-5-7-10-13/h4-7,9-10,12H,1,8,11H2,2-3H3. The first-order valence-corrected chi connectivity index (χ1v) is 5.16. The third-order valence-electron chi connectivity index (χ3n) is 2.47. The van der Waals surface area contributed by atoms with E-state index in [1.807, 2.05) is 6.08 Å². The molecule has 0 unspecified atom stereocenters. The molecule has 0 nitrogen and oxygen atoms in total. The molecular weight excluding hydrogens is 168 g/mol. The molecule has 14 heavy (non-hydrogen) atoms. The zero-order chi connectivity index (χ0) is 10.4. The third-order valence-corrected chi connectivity index (χ3v) is 2.47. The Hall–Kier alpha value is -1.04. The largest absolute Gasteiger partial charge is 0.103 e. The van der Waals surface area contributed by atoms with Gasteiger partial charge < -0.3 is 0 Å². The second-order valence-corrected chi connectivity index (χ2v) is 4.25. The lowest BCUT2D eigenvalue weighted by Gasteiger charge is -2.18. The predicted octanol–water partition coefficient (Wildman–Crippen LogP) is 4.04. The fraction of sp³-hybridized carbons (Fsp3) is 0.357. The maximum atomic E-state index is 3.83. The highest BCUT2D eigenvalue weighted by Crippen LogP contribution is 2.22. The number of aryl methyl sites for hydroxylation is 1. The Labute approximate surface area is 87.7 Å². The van der Waals surface area contributed by atoms with Gasteiger partial charge >= 0.3 is 0 Å². The van der Waals surface area contributed by atoms with Gasteiger partial charge in [-0.2, -0.15) is 0 Å². The van der Waals surface area contributed by atoms with Gasteiger partial charge in [0.05, 0.1) is 0 Å². The number of benzene rings is 1. The molecule has 0 aromatic heterocycles. The molecule has 0 N–H and O–H groups in total. The van der Waals surface area contributed by atoms with Crippen molar-refractivity contribution in [3.63, 3.8) is 0 Å². The summed E-state index contributed by atoms with van der Waals surface area (Å²) in [6.07, 6.45) is 6.56. The minimum Gasteiger partial charge on any atom is -0.103 e. The van der Waals surface area contributed by atoms with Crippen molar-refractivity contribution in [1.82, 2.24) is 0 Å². The zero-order valence-electron chi connectivity index (χ0n) is 9.16. The summed E-state index contributed by atoms with van der Waals surface area (Å²) in [7, 11) is 0. The predicted molar refractivity (Wildman–Crippen MR) is 63.0 cm³/mol. The molecule has 1 rings (SSSR count). The van der Waals surface area contributed by atoms with Gasteiger partial charge in [0, 0.05) is 0 Å². The Balaban J connectivity index is 2.32. The first kappa shape index (κ1) is 11.0. The minimum atomic E-state index is 0.161. The van der Waals surface area contributed by atoms with E-state index in [0.717, 1.165) is 12.8 Å². The van der Waals surface area contributed by atoms with Crippen molar-refractivity contribution in [2.24, 2.45) is 5.41 Å². The van der Waals surface area contributed by atoms with E-state index in [2.05, 4.69) is 57.2 Å². The first-order chi connectivity index (χ1) is 6.64. The van der Waals surface area contributed by atoms with Crippen molar-refractivity contribution in [1.29, 1.82) is 0 Å². The van der Waals surface area contributed by atoms with E-state index in [1.165, 1.54) is 5.56 Å². The van der Waals surface area contributed by atoms with Gasteiger partial charge in [-0.1, -0.05) is 50.3 Å². The van der Waals surface area contributed by atoms with Crippen molar-refractivity contribution in [2.75, 3.05) is 0 Å². The Morgan fingerprint density at radius 1 is 1.21 bits per heavy atom. The molecule has 0 atom stereocenters. The summed E-state index contributed by atoms with van der Waals surface area (Å²) in [5.41, 5.74) is 1.57. The van der Waals surface area contributed by atoms with E-state index in [1.54, 1.807) is 0 Å².